The van der Waals surface area contributed by atoms with E-state index in [0.29, 0.717) is 0 Å². The number of pyridine rings is 1. The van der Waals surface area contributed by atoms with Crippen molar-refractivity contribution < 1.29 is 0 Å². The highest BCUT2D eigenvalue weighted by Crippen LogP contribution is 2.28. The second kappa shape index (κ2) is 6.41. The van der Waals surface area contributed by atoms with E-state index < -0.39 is 0 Å². The van der Waals surface area contributed by atoms with Crippen molar-refractivity contribution >= 4 is 28.7 Å². The number of thiophene rings is 1. The molecule has 0 atom stereocenters. The maximum absolute atomic E-state index is 4.69. The standard InChI is InChI=1S/C17H17N5S2/c1-3-21-16(14-7-5-9-23-14)19-20-17(21)24-11-13-10-22-12(2)6-4-8-15(22)18-13/h4-10H,3,11H2,1-2H3. The molecule has 24 heavy (non-hydrogen) atoms. The highest BCUT2D eigenvalue weighted by atomic mass is 32.2. The molecule has 122 valence electrons. The number of aromatic nitrogens is 5. The predicted molar refractivity (Wildman–Crippen MR) is 98.5 cm³/mol. The minimum Gasteiger partial charge on any atom is -0.304 e. The van der Waals surface area contributed by atoms with Crippen LogP contribution in [0.1, 0.15) is 18.3 Å². The lowest BCUT2D eigenvalue weighted by Crippen LogP contribution is -1.99. The Hall–Kier alpha value is -2.12. The molecule has 0 aliphatic carbocycles. The molecule has 0 aliphatic heterocycles. The molecule has 4 aromatic rings. The number of rotatable bonds is 5. The first-order valence-corrected chi connectivity index (χ1v) is 9.66. The lowest BCUT2D eigenvalue weighted by molar-refractivity contribution is 0.688. The van der Waals surface area contributed by atoms with Crippen LogP contribution in [0.25, 0.3) is 16.3 Å². The summed E-state index contributed by atoms with van der Waals surface area (Å²) in [6, 6.07) is 10.3. The number of imidazole rings is 1. The lowest BCUT2D eigenvalue weighted by atomic mass is 10.4. The number of nitrogens with zero attached hydrogens (tertiary/aromatic N) is 5. The Morgan fingerprint density at radius 2 is 2.08 bits per heavy atom. The van der Waals surface area contributed by atoms with Crippen LogP contribution in [0.3, 0.4) is 0 Å². The van der Waals surface area contributed by atoms with E-state index in [9.17, 15) is 0 Å². The first kappa shape index (κ1) is 15.4. The monoisotopic (exact) mass is 355 g/mol. The van der Waals surface area contributed by atoms with Crippen molar-refractivity contribution in [3.05, 3.63) is 53.3 Å². The number of fused-ring (bicyclic) bond motifs is 1. The third-order valence-electron chi connectivity index (χ3n) is 3.87. The van der Waals surface area contributed by atoms with Gasteiger partial charge < -0.3 is 8.97 Å². The molecule has 4 rings (SSSR count). The summed E-state index contributed by atoms with van der Waals surface area (Å²) in [6.07, 6.45) is 2.10. The van der Waals surface area contributed by atoms with Gasteiger partial charge in [-0.1, -0.05) is 23.9 Å². The SMILES string of the molecule is CCn1c(SCc2cn3c(C)cccc3n2)nnc1-c1cccs1. The zero-order chi connectivity index (χ0) is 16.5. The number of hydrogen-bond donors (Lipinski definition) is 0. The molecular weight excluding hydrogens is 338 g/mol. The second-order valence-corrected chi connectivity index (χ2v) is 7.33. The van der Waals surface area contributed by atoms with Crippen LogP contribution in [0.15, 0.2) is 47.1 Å². The summed E-state index contributed by atoms with van der Waals surface area (Å²) in [5.74, 6) is 1.73. The minimum atomic E-state index is 0.781. The average molecular weight is 355 g/mol. The van der Waals surface area contributed by atoms with Crippen LogP contribution >= 0.6 is 23.1 Å². The van der Waals surface area contributed by atoms with Crippen LogP contribution in [0.5, 0.6) is 0 Å². The highest BCUT2D eigenvalue weighted by molar-refractivity contribution is 7.98. The van der Waals surface area contributed by atoms with Gasteiger partial charge in [0.2, 0.25) is 0 Å². The Bertz CT molecular complexity index is 968. The van der Waals surface area contributed by atoms with Gasteiger partial charge in [0.25, 0.3) is 0 Å². The summed E-state index contributed by atoms with van der Waals surface area (Å²) in [4.78, 5) is 5.84. The zero-order valence-corrected chi connectivity index (χ0v) is 15.1. The van der Waals surface area contributed by atoms with E-state index in [1.54, 1.807) is 23.1 Å². The van der Waals surface area contributed by atoms with Crippen LogP contribution in [0.4, 0.5) is 0 Å². The van der Waals surface area contributed by atoms with Crippen LogP contribution in [-0.2, 0) is 12.3 Å². The Morgan fingerprint density at radius 1 is 1.17 bits per heavy atom. The van der Waals surface area contributed by atoms with E-state index in [2.05, 4.69) is 61.7 Å². The molecule has 0 fully saturated rings. The number of hydrogen-bond acceptors (Lipinski definition) is 5. The first-order chi connectivity index (χ1) is 11.8. The van der Waals surface area contributed by atoms with Crippen molar-refractivity contribution in [2.45, 2.75) is 31.3 Å². The van der Waals surface area contributed by atoms with Crippen molar-refractivity contribution in [2.75, 3.05) is 0 Å². The van der Waals surface area contributed by atoms with Crippen LogP contribution in [0, 0.1) is 6.92 Å². The van der Waals surface area contributed by atoms with Gasteiger partial charge in [-0.15, -0.1) is 21.5 Å². The molecule has 0 spiro atoms. The van der Waals surface area contributed by atoms with Gasteiger partial charge in [-0.2, -0.15) is 0 Å². The van der Waals surface area contributed by atoms with Gasteiger partial charge >= 0.3 is 0 Å². The van der Waals surface area contributed by atoms with Crippen LogP contribution < -0.4 is 0 Å². The third kappa shape index (κ3) is 2.74. The molecule has 0 amide bonds. The largest absolute Gasteiger partial charge is 0.304 e. The van der Waals surface area contributed by atoms with Gasteiger partial charge in [-0.05, 0) is 37.4 Å². The van der Waals surface area contributed by atoms with Crippen LogP contribution in [0.2, 0.25) is 0 Å². The van der Waals surface area contributed by atoms with E-state index >= 15 is 0 Å². The molecular formula is C17H17N5S2. The molecule has 5 nitrogen and oxygen atoms in total. The fraction of sp³-hybridized carbons (Fsp3) is 0.235. The Balaban J connectivity index is 1.58. The van der Waals surface area contributed by atoms with Crippen molar-refractivity contribution in [3.8, 4) is 10.7 Å². The Labute approximate surface area is 148 Å². The molecule has 0 aromatic carbocycles. The van der Waals surface area contributed by atoms with Crippen LogP contribution in [-0.4, -0.2) is 24.1 Å². The highest BCUT2D eigenvalue weighted by Gasteiger charge is 2.14. The summed E-state index contributed by atoms with van der Waals surface area (Å²) >= 11 is 3.37. The Kier molecular flexibility index (Phi) is 4.12. The van der Waals surface area contributed by atoms with E-state index in [-0.39, 0.29) is 0 Å². The maximum Gasteiger partial charge on any atom is 0.191 e. The molecule has 0 unspecified atom stereocenters. The second-order valence-electron chi connectivity index (χ2n) is 5.44. The van der Waals surface area contributed by atoms with Gasteiger partial charge in [-0.3, -0.25) is 0 Å². The van der Waals surface area contributed by atoms with E-state index in [1.807, 2.05) is 18.2 Å². The normalized spacial score (nSPS) is 11.4. The summed E-state index contributed by atoms with van der Waals surface area (Å²) in [7, 11) is 0. The molecule has 4 aromatic heterocycles. The van der Waals surface area contributed by atoms with Crippen molar-refractivity contribution in [1.82, 2.24) is 24.1 Å². The summed E-state index contributed by atoms with van der Waals surface area (Å²) < 4.78 is 4.29. The summed E-state index contributed by atoms with van der Waals surface area (Å²) in [5.41, 5.74) is 3.23. The Morgan fingerprint density at radius 3 is 2.83 bits per heavy atom. The lowest BCUT2D eigenvalue weighted by Gasteiger charge is -2.05. The maximum atomic E-state index is 4.69. The molecule has 7 heteroatoms. The molecule has 0 radical (unpaired) electrons. The van der Waals surface area contributed by atoms with E-state index in [4.69, 9.17) is 0 Å². The van der Waals surface area contributed by atoms with Gasteiger partial charge in [0.15, 0.2) is 11.0 Å². The molecule has 0 bridgehead atoms. The quantitative estimate of drug-likeness (QED) is 0.502. The smallest absolute Gasteiger partial charge is 0.191 e. The predicted octanol–water partition coefficient (Wildman–Crippen LogP) is 4.27. The van der Waals surface area contributed by atoms with Gasteiger partial charge in [-0.25, -0.2) is 4.98 Å². The van der Waals surface area contributed by atoms with Crippen molar-refractivity contribution in [3.63, 3.8) is 0 Å². The number of aryl methyl sites for hydroxylation is 1. The minimum absolute atomic E-state index is 0.781. The topological polar surface area (TPSA) is 48.0 Å². The fourth-order valence-electron chi connectivity index (χ4n) is 2.68. The summed E-state index contributed by atoms with van der Waals surface area (Å²) in [5, 5.41) is 11.8. The third-order valence-corrected chi connectivity index (χ3v) is 5.74. The molecule has 0 N–H and O–H groups in total. The molecule has 0 saturated carbocycles. The summed E-state index contributed by atoms with van der Waals surface area (Å²) in [6.45, 7) is 5.07. The van der Waals surface area contributed by atoms with Gasteiger partial charge in [0.05, 0.1) is 10.6 Å². The van der Waals surface area contributed by atoms with Gasteiger partial charge in [0, 0.05) is 24.2 Å². The zero-order valence-electron chi connectivity index (χ0n) is 13.5. The van der Waals surface area contributed by atoms with Crippen molar-refractivity contribution in [1.29, 1.82) is 0 Å². The van der Waals surface area contributed by atoms with Gasteiger partial charge in [0.1, 0.15) is 5.65 Å². The van der Waals surface area contributed by atoms with E-state index in [0.717, 1.165) is 39.5 Å². The van der Waals surface area contributed by atoms with E-state index in [1.165, 1.54) is 5.69 Å². The molecule has 4 heterocycles. The average Bonchev–Trinajstić information content (AvgIpc) is 3.31. The number of thioether (sulfide) groups is 1. The fourth-order valence-corrected chi connectivity index (χ4v) is 4.28. The molecule has 0 aliphatic rings. The van der Waals surface area contributed by atoms with Crippen molar-refractivity contribution in [2.24, 2.45) is 0 Å². The first-order valence-electron chi connectivity index (χ1n) is 7.79. The molecule has 0 saturated heterocycles.